The number of hydrogen-bond acceptors (Lipinski definition) is 3. The van der Waals surface area contributed by atoms with E-state index in [0.29, 0.717) is 16.4 Å². The molecule has 0 unspecified atom stereocenters. The van der Waals surface area contributed by atoms with E-state index in [1.807, 2.05) is 18.2 Å². The molecule has 2 aromatic heterocycles. The Hall–Kier alpha value is -2.92. The highest BCUT2D eigenvalue weighted by atomic mass is 35.5. The molecule has 3 rings (SSSR count). The summed E-state index contributed by atoms with van der Waals surface area (Å²) in [5.41, 5.74) is 1.34. The first-order valence-electron chi connectivity index (χ1n) is 6.74. The molecule has 1 aromatic carbocycles. The number of aromatic carboxylic acids is 1. The van der Waals surface area contributed by atoms with Gasteiger partial charge in [-0.3, -0.25) is 9.20 Å². The minimum Gasteiger partial charge on any atom is -0.478 e. The highest BCUT2D eigenvalue weighted by molar-refractivity contribution is 6.32. The van der Waals surface area contributed by atoms with Gasteiger partial charge in [-0.05, 0) is 29.8 Å². The van der Waals surface area contributed by atoms with Crippen molar-refractivity contribution < 1.29 is 9.90 Å². The maximum absolute atomic E-state index is 12.1. The quantitative estimate of drug-likeness (QED) is 0.802. The van der Waals surface area contributed by atoms with E-state index in [1.165, 1.54) is 28.8 Å². The third kappa shape index (κ3) is 3.14. The van der Waals surface area contributed by atoms with Crippen molar-refractivity contribution >= 4 is 35.4 Å². The van der Waals surface area contributed by atoms with E-state index in [2.05, 4.69) is 4.98 Å². The zero-order valence-corrected chi connectivity index (χ0v) is 12.6. The van der Waals surface area contributed by atoms with Crippen LogP contribution in [0.2, 0.25) is 5.02 Å². The van der Waals surface area contributed by atoms with Crippen LogP contribution in [0.5, 0.6) is 0 Å². The molecule has 0 aliphatic carbocycles. The SMILES string of the molecule is O=C(O)c1ccc2nc(C=Cc3ccccc3Cl)cc(=O)n2c1. The molecular formula is C17H11ClN2O3. The summed E-state index contributed by atoms with van der Waals surface area (Å²) in [4.78, 5) is 27.4. The smallest absolute Gasteiger partial charge is 0.337 e. The Morgan fingerprint density at radius 2 is 1.96 bits per heavy atom. The van der Waals surface area contributed by atoms with Crippen molar-refractivity contribution in [3.05, 3.63) is 80.9 Å². The lowest BCUT2D eigenvalue weighted by Crippen LogP contribution is -2.15. The third-order valence-corrected chi connectivity index (χ3v) is 3.61. The first-order valence-corrected chi connectivity index (χ1v) is 7.12. The van der Waals surface area contributed by atoms with Crippen LogP contribution < -0.4 is 5.56 Å². The van der Waals surface area contributed by atoms with Crippen LogP contribution in [0.15, 0.2) is 53.5 Å². The number of halogens is 1. The molecule has 6 heteroatoms. The van der Waals surface area contributed by atoms with Crippen LogP contribution in [0.1, 0.15) is 21.6 Å². The number of pyridine rings is 1. The fraction of sp³-hybridized carbons (Fsp3) is 0. The minimum absolute atomic E-state index is 0.0285. The Kier molecular flexibility index (Phi) is 3.95. The lowest BCUT2D eigenvalue weighted by Gasteiger charge is -2.03. The van der Waals surface area contributed by atoms with E-state index in [0.717, 1.165) is 5.56 Å². The van der Waals surface area contributed by atoms with Crippen LogP contribution in [0, 0.1) is 0 Å². The van der Waals surface area contributed by atoms with Crippen molar-refractivity contribution in [2.24, 2.45) is 0 Å². The Morgan fingerprint density at radius 1 is 1.17 bits per heavy atom. The first-order chi connectivity index (χ1) is 11.0. The maximum atomic E-state index is 12.1. The Bertz CT molecular complexity index is 993. The normalized spacial score (nSPS) is 11.2. The Balaban J connectivity index is 2.03. The van der Waals surface area contributed by atoms with E-state index in [4.69, 9.17) is 16.7 Å². The Labute approximate surface area is 136 Å². The van der Waals surface area contributed by atoms with Crippen molar-refractivity contribution in [3.8, 4) is 0 Å². The number of rotatable bonds is 3. The third-order valence-electron chi connectivity index (χ3n) is 3.27. The number of aromatic nitrogens is 2. The molecule has 1 N–H and O–H groups in total. The van der Waals surface area contributed by atoms with Gasteiger partial charge < -0.3 is 5.11 Å². The van der Waals surface area contributed by atoms with Gasteiger partial charge in [-0.2, -0.15) is 0 Å². The van der Waals surface area contributed by atoms with Crippen LogP contribution in [0.4, 0.5) is 0 Å². The number of fused-ring (bicyclic) bond motifs is 1. The van der Waals surface area contributed by atoms with E-state index < -0.39 is 5.97 Å². The fourth-order valence-electron chi connectivity index (χ4n) is 2.12. The van der Waals surface area contributed by atoms with Gasteiger partial charge in [0.05, 0.1) is 11.3 Å². The van der Waals surface area contributed by atoms with E-state index in [9.17, 15) is 9.59 Å². The van der Waals surface area contributed by atoms with E-state index in [1.54, 1.807) is 18.2 Å². The van der Waals surface area contributed by atoms with Gasteiger partial charge >= 0.3 is 5.97 Å². The van der Waals surface area contributed by atoms with Gasteiger partial charge in [0.1, 0.15) is 5.65 Å². The summed E-state index contributed by atoms with van der Waals surface area (Å²) in [5, 5.41) is 9.57. The molecule has 0 atom stereocenters. The van der Waals surface area contributed by atoms with Crippen LogP contribution in [-0.2, 0) is 0 Å². The summed E-state index contributed by atoms with van der Waals surface area (Å²) in [6.07, 6.45) is 4.72. The van der Waals surface area contributed by atoms with Crippen molar-refractivity contribution in [1.82, 2.24) is 9.38 Å². The molecule has 0 radical (unpaired) electrons. The van der Waals surface area contributed by atoms with Crippen molar-refractivity contribution in [2.45, 2.75) is 0 Å². The van der Waals surface area contributed by atoms with Gasteiger partial charge in [-0.15, -0.1) is 0 Å². The Morgan fingerprint density at radius 3 is 2.70 bits per heavy atom. The number of carboxylic acids is 1. The van der Waals surface area contributed by atoms with Crippen LogP contribution in [0.25, 0.3) is 17.8 Å². The fourth-order valence-corrected chi connectivity index (χ4v) is 2.32. The van der Waals surface area contributed by atoms with Gasteiger partial charge in [0.25, 0.3) is 5.56 Å². The molecule has 0 saturated carbocycles. The van der Waals surface area contributed by atoms with Crippen molar-refractivity contribution in [1.29, 1.82) is 0 Å². The maximum Gasteiger partial charge on any atom is 0.337 e. The molecule has 0 fully saturated rings. The van der Waals surface area contributed by atoms with Crippen LogP contribution in [-0.4, -0.2) is 20.5 Å². The topological polar surface area (TPSA) is 71.7 Å². The van der Waals surface area contributed by atoms with Gasteiger partial charge in [-0.25, -0.2) is 9.78 Å². The molecule has 2 heterocycles. The van der Waals surface area contributed by atoms with E-state index >= 15 is 0 Å². The highest BCUT2D eigenvalue weighted by Gasteiger charge is 2.06. The second-order valence-electron chi connectivity index (χ2n) is 4.83. The molecular weight excluding hydrogens is 316 g/mol. The number of hydrogen-bond donors (Lipinski definition) is 1. The van der Waals surface area contributed by atoms with Crippen LogP contribution in [0.3, 0.4) is 0 Å². The summed E-state index contributed by atoms with van der Waals surface area (Å²) >= 11 is 6.07. The number of carboxylic acid groups (broad SMARTS) is 1. The number of carbonyl (C=O) groups is 1. The number of nitrogens with zero attached hydrogens (tertiary/aromatic N) is 2. The summed E-state index contributed by atoms with van der Waals surface area (Å²) in [5.74, 6) is -1.10. The summed E-state index contributed by atoms with van der Waals surface area (Å²) in [7, 11) is 0. The average Bonchev–Trinajstić information content (AvgIpc) is 2.54. The second-order valence-corrected chi connectivity index (χ2v) is 5.23. The molecule has 0 amide bonds. The minimum atomic E-state index is -1.10. The molecule has 0 bridgehead atoms. The second kappa shape index (κ2) is 6.06. The molecule has 3 aromatic rings. The molecule has 0 spiro atoms. The van der Waals surface area contributed by atoms with Gasteiger partial charge in [-0.1, -0.05) is 35.9 Å². The summed E-state index contributed by atoms with van der Waals surface area (Å²) in [6, 6.07) is 11.6. The predicted molar refractivity (Wildman–Crippen MR) is 88.8 cm³/mol. The van der Waals surface area contributed by atoms with Gasteiger partial charge in [0, 0.05) is 17.3 Å². The molecule has 0 aliphatic heterocycles. The predicted octanol–water partition coefficient (Wildman–Crippen LogP) is 3.22. The first kappa shape index (κ1) is 15.0. The summed E-state index contributed by atoms with van der Waals surface area (Å²) in [6.45, 7) is 0. The number of benzene rings is 1. The van der Waals surface area contributed by atoms with Crippen LogP contribution >= 0.6 is 11.6 Å². The van der Waals surface area contributed by atoms with Gasteiger partial charge in [0.15, 0.2) is 0 Å². The molecule has 114 valence electrons. The standard InChI is InChI=1S/C17H11ClN2O3/c18-14-4-2-1-3-11(14)5-7-13-9-16(21)20-10-12(17(22)23)6-8-15(20)19-13/h1-10H,(H,22,23). The van der Waals surface area contributed by atoms with E-state index in [-0.39, 0.29) is 11.1 Å². The molecule has 0 aliphatic rings. The lowest BCUT2D eigenvalue weighted by molar-refractivity contribution is 0.0696. The zero-order chi connectivity index (χ0) is 16.4. The zero-order valence-electron chi connectivity index (χ0n) is 11.8. The monoisotopic (exact) mass is 326 g/mol. The highest BCUT2D eigenvalue weighted by Crippen LogP contribution is 2.17. The van der Waals surface area contributed by atoms with Crippen molar-refractivity contribution in [2.75, 3.05) is 0 Å². The summed E-state index contributed by atoms with van der Waals surface area (Å²) < 4.78 is 1.20. The van der Waals surface area contributed by atoms with Crippen molar-refractivity contribution in [3.63, 3.8) is 0 Å². The lowest BCUT2D eigenvalue weighted by atomic mass is 10.2. The molecule has 0 saturated heterocycles. The molecule has 5 nitrogen and oxygen atoms in total. The largest absolute Gasteiger partial charge is 0.478 e. The average molecular weight is 327 g/mol. The van der Waals surface area contributed by atoms with Gasteiger partial charge in [0.2, 0.25) is 0 Å². The molecule has 23 heavy (non-hydrogen) atoms.